The van der Waals surface area contributed by atoms with E-state index in [4.69, 9.17) is 21.6 Å². The molecule has 7 heteroatoms. The fraction of sp³-hybridized carbons (Fsp3) is 0.778. The highest BCUT2D eigenvalue weighted by molar-refractivity contribution is 8.13. The molecule has 0 aromatic rings. The maximum Gasteiger partial charge on any atom is 0.193 e. The lowest BCUT2D eigenvalue weighted by Gasteiger charge is -2.09. The van der Waals surface area contributed by atoms with Crippen molar-refractivity contribution in [2.45, 2.75) is 25.9 Å². The number of unbranched alkanes of at least 4 members (excludes halogenated alkanes) is 1. The predicted molar refractivity (Wildman–Crippen MR) is 67.7 cm³/mol. The number of hydrogen-bond donors (Lipinski definition) is 4. The molecule has 0 aromatic heterocycles. The number of aliphatic imine (C=N–C) groups is 1. The zero-order chi connectivity index (χ0) is 12.4. The van der Waals surface area contributed by atoms with Gasteiger partial charge >= 0.3 is 0 Å². The van der Waals surface area contributed by atoms with Gasteiger partial charge in [-0.25, -0.2) is 0 Å². The fourth-order valence-corrected chi connectivity index (χ4v) is 1.45. The summed E-state index contributed by atoms with van der Waals surface area (Å²) in [6, 6.07) is 0. The van der Waals surface area contributed by atoms with Crippen LogP contribution in [0.3, 0.4) is 0 Å². The van der Waals surface area contributed by atoms with E-state index in [0.29, 0.717) is 12.4 Å². The minimum absolute atomic E-state index is 0.00684. The van der Waals surface area contributed by atoms with Crippen LogP contribution in [0.1, 0.15) is 19.8 Å². The number of nitrogens with zero attached hydrogens (tertiary/aromatic N) is 1. The van der Waals surface area contributed by atoms with Gasteiger partial charge in [0.2, 0.25) is 0 Å². The molecule has 0 amide bonds. The van der Waals surface area contributed by atoms with E-state index in [-0.39, 0.29) is 17.7 Å². The Bertz CT molecular complexity index is 232. The summed E-state index contributed by atoms with van der Waals surface area (Å²) in [6.07, 6.45) is 1.46. The summed E-state index contributed by atoms with van der Waals surface area (Å²) in [7, 11) is 0. The molecule has 0 bridgehead atoms. The van der Waals surface area contributed by atoms with Gasteiger partial charge in [0.15, 0.2) is 11.1 Å². The van der Waals surface area contributed by atoms with E-state index < -0.39 is 6.10 Å². The molecule has 0 saturated heterocycles. The van der Waals surface area contributed by atoms with Crippen molar-refractivity contribution in [1.82, 2.24) is 0 Å². The number of nitrogens with one attached hydrogen (secondary N) is 1. The van der Waals surface area contributed by atoms with Crippen molar-refractivity contribution < 1.29 is 9.84 Å². The predicted octanol–water partition coefficient (Wildman–Crippen LogP) is 0.105. The highest BCUT2D eigenvalue weighted by atomic mass is 32.2. The van der Waals surface area contributed by atoms with Gasteiger partial charge in [-0.3, -0.25) is 5.41 Å². The third kappa shape index (κ3) is 9.75. The second-order valence-electron chi connectivity index (χ2n) is 3.24. The van der Waals surface area contributed by atoms with Crippen LogP contribution in [-0.4, -0.2) is 41.3 Å². The third-order valence-corrected chi connectivity index (χ3v) is 2.51. The Kier molecular flexibility index (Phi) is 8.97. The van der Waals surface area contributed by atoms with E-state index in [2.05, 4.69) is 11.9 Å². The van der Waals surface area contributed by atoms with Crippen LogP contribution in [0.5, 0.6) is 0 Å². The number of thioether (sulfide) groups is 1. The number of guanidine groups is 1. The smallest absolute Gasteiger partial charge is 0.193 e. The van der Waals surface area contributed by atoms with Gasteiger partial charge in [0.1, 0.15) is 0 Å². The summed E-state index contributed by atoms with van der Waals surface area (Å²) >= 11 is 1.08. The van der Waals surface area contributed by atoms with Gasteiger partial charge in [0.25, 0.3) is 0 Å². The molecule has 6 nitrogen and oxygen atoms in total. The quantitative estimate of drug-likeness (QED) is 0.290. The molecule has 6 N–H and O–H groups in total. The molecule has 0 heterocycles. The average Bonchev–Trinajstić information content (AvgIpc) is 2.20. The lowest BCUT2D eigenvalue weighted by molar-refractivity contribution is 0.0474. The van der Waals surface area contributed by atoms with Crippen LogP contribution in [0.4, 0.5) is 0 Å². The molecule has 16 heavy (non-hydrogen) atoms. The van der Waals surface area contributed by atoms with Crippen molar-refractivity contribution in [2.75, 3.05) is 19.0 Å². The molecule has 0 radical (unpaired) electrons. The van der Waals surface area contributed by atoms with Crippen LogP contribution in [0.25, 0.3) is 0 Å². The van der Waals surface area contributed by atoms with Gasteiger partial charge in [0.05, 0.1) is 12.7 Å². The first-order valence-corrected chi connectivity index (χ1v) is 6.11. The second-order valence-corrected chi connectivity index (χ2v) is 4.24. The summed E-state index contributed by atoms with van der Waals surface area (Å²) in [5, 5.41) is 16.8. The van der Waals surface area contributed by atoms with Crippen molar-refractivity contribution in [3.05, 3.63) is 0 Å². The summed E-state index contributed by atoms with van der Waals surface area (Å²) < 4.78 is 5.23. The van der Waals surface area contributed by atoms with Gasteiger partial charge < -0.3 is 21.3 Å². The summed E-state index contributed by atoms with van der Waals surface area (Å²) in [4.78, 5) is 3.53. The van der Waals surface area contributed by atoms with Gasteiger partial charge in [-0.2, -0.15) is 4.99 Å². The molecule has 0 aliphatic heterocycles. The van der Waals surface area contributed by atoms with Gasteiger partial charge in [-0.05, 0) is 6.42 Å². The number of amidine groups is 1. The number of nitrogens with two attached hydrogens (primary N) is 2. The number of hydrogen-bond acceptors (Lipinski definition) is 4. The minimum atomic E-state index is -0.601. The lowest BCUT2D eigenvalue weighted by atomic mass is 10.3. The summed E-state index contributed by atoms with van der Waals surface area (Å²) in [6.45, 7) is 3.01. The minimum Gasteiger partial charge on any atom is -0.390 e. The molecule has 1 atom stereocenters. The molecule has 0 fully saturated rings. The number of aliphatic hydroxyl groups excluding tert-OH is 1. The molecule has 0 saturated carbocycles. The normalized spacial score (nSPS) is 12.1. The standard InChI is InChI=1S/C9H20N4O2S/c1-2-3-4-15-5-7(14)6-16-9(12)13-8(10)11/h7,14H,2-6H2,1H3,(H5,10,11,12,13). The average molecular weight is 248 g/mol. The Balaban J connectivity index is 3.53. The molecule has 0 aromatic carbocycles. The molecule has 94 valence electrons. The zero-order valence-electron chi connectivity index (χ0n) is 9.48. The number of ether oxygens (including phenoxy) is 1. The van der Waals surface area contributed by atoms with Crippen molar-refractivity contribution in [1.29, 1.82) is 5.41 Å². The molecule has 0 spiro atoms. The fourth-order valence-electron chi connectivity index (χ4n) is 0.839. The summed E-state index contributed by atoms with van der Waals surface area (Å²) in [5.41, 5.74) is 10.2. The Morgan fingerprint density at radius 2 is 2.25 bits per heavy atom. The molecule has 0 rings (SSSR count). The zero-order valence-corrected chi connectivity index (χ0v) is 10.3. The number of aliphatic hydroxyl groups is 1. The summed E-state index contributed by atoms with van der Waals surface area (Å²) in [5.74, 6) is 0.202. The van der Waals surface area contributed by atoms with Crippen LogP contribution in [0.2, 0.25) is 0 Å². The maximum atomic E-state index is 9.48. The number of rotatable bonds is 7. The molecule has 0 aliphatic carbocycles. The van der Waals surface area contributed by atoms with Crippen LogP contribution in [-0.2, 0) is 4.74 Å². The maximum absolute atomic E-state index is 9.48. The first-order chi connectivity index (χ1) is 7.56. The van der Waals surface area contributed by atoms with Crippen LogP contribution in [0.15, 0.2) is 4.99 Å². The van der Waals surface area contributed by atoms with E-state index in [9.17, 15) is 5.11 Å². The molecule has 0 aliphatic rings. The van der Waals surface area contributed by atoms with Gasteiger partial charge in [-0.1, -0.05) is 25.1 Å². The first-order valence-electron chi connectivity index (χ1n) is 5.13. The van der Waals surface area contributed by atoms with E-state index in [1.54, 1.807) is 0 Å². The highest BCUT2D eigenvalue weighted by Crippen LogP contribution is 2.06. The van der Waals surface area contributed by atoms with Crippen molar-refractivity contribution >= 4 is 22.9 Å². The molecular formula is C9H20N4O2S. The van der Waals surface area contributed by atoms with E-state index in [1.807, 2.05) is 0 Å². The largest absolute Gasteiger partial charge is 0.390 e. The van der Waals surface area contributed by atoms with Gasteiger partial charge in [-0.15, -0.1) is 0 Å². The lowest BCUT2D eigenvalue weighted by Crippen LogP contribution is -2.24. The topological polar surface area (TPSA) is 118 Å². The molecular weight excluding hydrogens is 228 g/mol. The molecule has 1 unspecified atom stereocenters. The van der Waals surface area contributed by atoms with Crippen LogP contribution in [0, 0.1) is 5.41 Å². The SMILES string of the molecule is CCCCOCC(O)CSC(=N)N=C(N)N. The van der Waals surface area contributed by atoms with Crippen molar-refractivity contribution in [3.8, 4) is 0 Å². The van der Waals surface area contributed by atoms with Gasteiger partial charge in [0, 0.05) is 12.4 Å². The van der Waals surface area contributed by atoms with Crippen molar-refractivity contribution in [2.24, 2.45) is 16.5 Å². The first kappa shape index (κ1) is 15.2. The van der Waals surface area contributed by atoms with E-state index in [0.717, 1.165) is 24.6 Å². The Morgan fingerprint density at radius 3 is 2.81 bits per heavy atom. The Hall–Kier alpha value is -0.790. The Morgan fingerprint density at radius 1 is 1.56 bits per heavy atom. The van der Waals surface area contributed by atoms with Crippen LogP contribution < -0.4 is 11.5 Å². The monoisotopic (exact) mass is 248 g/mol. The van der Waals surface area contributed by atoms with Crippen molar-refractivity contribution in [3.63, 3.8) is 0 Å². The van der Waals surface area contributed by atoms with E-state index in [1.165, 1.54) is 0 Å². The highest BCUT2D eigenvalue weighted by Gasteiger charge is 2.06. The second kappa shape index (κ2) is 9.44. The van der Waals surface area contributed by atoms with E-state index >= 15 is 0 Å². The Labute approximate surface area is 100.0 Å². The third-order valence-electron chi connectivity index (χ3n) is 1.60. The van der Waals surface area contributed by atoms with Crippen LogP contribution >= 0.6 is 11.8 Å².